The molecule has 0 rings (SSSR count). The second-order valence-electron chi connectivity index (χ2n) is 2.87. The number of hydrogen-bond acceptors (Lipinski definition) is 2. The molecule has 0 heterocycles. The summed E-state index contributed by atoms with van der Waals surface area (Å²) in [5.74, 6) is 0.150. The molecule has 0 unspecified atom stereocenters. The SMILES string of the molecule is CC(=O)CC(C)(C)N.Cl. The summed E-state index contributed by atoms with van der Waals surface area (Å²) >= 11 is 0. The average Bonchev–Trinajstić information content (AvgIpc) is 1.21. The second-order valence-corrected chi connectivity index (χ2v) is 2.87. The first-order chi connectivity index (χ1) is 3.42. The van der Waals surface area contributed by atoms with Crippen molar-refractivity contribution < 1.29 is 4.79 Å². The van der Waals surface area contributed by atoms with Crippen LogP contribution in [0.3, 0.4) is 0 Å². The fourth-order valence-electron chi connectivity index (χ4n) is 0.642. The fourth-order valence-corrected chi connectivity index (χ4v) is 0.642. The van der Waals surface area contributed by atoms with Crippen molar-refractivity contribution >= 4 is 18.2 Å². The van der Waals surface area contributed by atoms with Gasteiger partial charge in [-0.05, 0) is 20.8 Å². The van der Waals surface area contributed by atoms with Crippen LogP contribution in [0.4, 0.5) is 0 Å². The van der Waals surface area contributed by atoms with E-state index in [2.05, 4.69) is 0 Å². The third-order valence-electron chi connectivity index (χ3n) is 0.705. The highest BCUT2D eigenvalue weighted by Gasteiger charge is 2.11. The molecule has 3 heteroatoms. The van der Waals surface area contributed by atoms with Crippen LogP contribution >= 0.6 is 12.4 Å². The van der Waals surface area contributed by atoms with Crippen LogP contribution in [0.1, 0.15) is 27.2 Å². The Kier molecular flexibility index (Phi) is 5.00. The van der Waals surface area contributed by atoms with Gasteiger partial charge in [-0.3, -0.25) is 4.79 Å². The van der Waals surface area contributed by atoms with Crippen molar-refractivity contribution in [3.63, 3.8) is 0 Å². The van der Waals surface area contributed by atoms with E-state index in [4.69, 9.17) is 5.73 Å². The van der Waals surface area contributed by atoms with Crippen LogP contribution < -0.4 is 5.73 Å². The molecule has 2 N–H and O–H groups in total. The highest BCUT2D eigenvalue weighted by Crippen LogP contribution is 2.02. The summed E-state index contributed by atoms with van der Waals surface area (Å²) in [6.45, 7) is 5.23. The van der Waals surface area contributed by atoms with Crippen LogP contribution in [0.15, 0.2) is 0 Å². The molecule has 0 saturated carbocycles. The summed E-state index contributed by atoms with van der Waals surface area (Å²) in [5, 5.41) is 0. The molecule has 0 aromatic rings. The lowest BCUT2D eigenvalue weighted by Crippen LogP contribution is -2.33. The van der Waals surface area contributed by atoms with Crippen LogP contribution in [0, 0.1) is 0 Å². The third-order valence-corrected chi connectivity index (χ3v) is 0.705. The first-order valence-corrected chi connectivity index (χ1v) is 2.70. The maximum absolute atomic E-state index is 10.4. The molecule has 0 aromatic heterocycles. The van der Waals surface area contributed by atoms with Gasteiger partial charge in [0.1, 0.15) is 5.78 Å². The predicted octanol–water partition coefficient (Wildman–Crippen LogP) is 1.12. The van der Waals surface area contributed by atoms with Gasteiger partial charge in [-0.15, -0.1) is 12.4 Å². The summed E-state index contributed by atoms with van der Waals surface area (Å²) in [7, 11) is 0. The maximum Gasteiger partial charge on any atom is 0.131 e. The Labute approximate surface area is 62.2 Å². The number of hydrogen-bond donors (Lipinski definition) is 1. The molecule has 0 amide bonds. The molecule has 56 valence electrons. The van der Waals surface area contributed by atoms with E-state index in [-0.39, 0.29) is 23.7 Å². The van der Waals surface area contributed by atoms with E-state index in [9.17, 15) is 4.79 Å². The van der Waals surface area contributed by atoms with Gasteiger partial charge in [0.2, 0.25) is 0 Å². The molecule has 0 aromatic carbocycles. The fraction of sp³-hybridized carbons (Fsp3) is 0.833. The van der Waals surface area contributed by atoms with Gasteiger partial charge in [0.25, 0.3) is 0 Å². The molecule has 0 spiro atoms. The molecular formula is C6H14ClNO. The van der Waals surface area contributed by atoms with Crippen molar-refractivity contribution in [2.24, 2.45) is 5.73 Å². The van der Waals surface area contributed by atoms with Crippen LogP contribution in [-0.2, 0) is 4.79 Å². The van der Waals surface area contributed by atoms with Gasteiger partial charge >= 0.3 is 0 Å². The number of nitrogens with two attached hydrogens (primary N) is 1. The second kappa shape index (κ2) is 3.85. The molecule has 2 nitrogen and oxygen atoms in total. The first kappa shape index (κ1) is 11.7. The van der Waals surface area contributed by atoms with Gasteiger partial charge in [-0.2, -0.15) is 0 Å². The Morgan fingerprint density at radius 2 is 1.89 bits per heavy atom. The van der Waals surface area contributed by atoms with E-state index in [1.54, 1.807) is 6.92 Å². The van der Waals surface area contributed by atoms with Crippen molar-refractivity contribution in [1.29, 1.82) is 0 Å². The van der Waals surface area contributed by atoms with Gasteiger partial charge in [0.05, 0.1) is 0 Å². The summed E-state index contributed by atoms with van der Waals surface area (Å²) in [6, 6.07) is 0. The number of carbonyl (C=O) groups is 1. The molecule has 0 aliphatic carbocycles. The molecular weight excluding hydrogens is 138 g/mol. The number of carbonyl (C=O) groups excluding carboxylic acids is 1. The molecule has 0 atom stereocenters. The molecule has 0 aliphatic heterocycles. The van der Waals surface area contributed by atoms with Gasteiger partial charge < -0.3 is 5.73 Å². The number of ketones is 1. The van der Waals surface area contributed by atoms with Crippen molar-refractivity contribution in [2.45, 2.75) is 32.7 Å². The van der Waals surface area contributed by atoms with Crippen molar-refractivity contribution in [3.8, 4) is 0 Å². The zero-order chi connectivity index (χ0) is 6.78. The van der Waals surface area contributed by atoms with Crippen molar-refractivity contribution in [1.82, 2.24) is 0 Å². The molecule has 0 radical (unpaired) electrons. The summed E-state index contributed by atoms with van der Waals surface area (Å²) in [6.07, 6.45) is 0.465. The van der Waals surface area contributed by atoms with E-state index < -0.39 is 0 Å². The molecule has 0 aliphatic rings. The van der Waals surface area contributed by atoms with Gasteiger partial charge in [-0.1, -0.05) is 0 Å². The minimum atomic E-state index is -0.328. The highest BCUT2D eigenvalue weighted by molar-refractivity contribution is 5.85. The predicted molar refractivity (Wildman–Crippen MR) is 40.8 cm³/mol. The number of rotatable bonds is 2. The van der Waals surface area contributed by atoms with Crippen LogP contribution in [0.5, 0.6) is 0 Å². The number of halogens is 1. The minimum absolute atomic E-state index is 0. The van der Waals surface area contributed by atoms with Gasteiger partial charge in [-0.25, -0.2) is 0 Å². The molecule has 9 heavy (non-hydrogen) atoms. The van der Waals surface area contributed by atoms with E-state index in [1.807, 2.05) is 13.8 Å². The van der Waals surface area contributed by atoms with Crippen LogP contribution in [-0.4, -0.2) is 11.3 Å². The van der Waals surface area contributed by atoms with E-state index >= 15 is 0 Å². The standard InChI is InChI=1S/C6H13NO.ClH/c1-5(8)4-6(2,3)7;/h4,7H2,1-3H3;1H. The Balaban J connectivity index is 0. The Morgan fingerprint density at radius 3 is 1.89 bits per heavy atom. The topological polar surface area (TPSA) is 43.1 Å². The first-order valence-electron chi connectivity index (χ1n) is 2.70. The Morgan fingerprint density at radius 1 is 1.56 bits per heavy atom. The summed E-state index contributed by atoms with van der Waals surface area (Å²) in [5.41, 5.74) is 5.19. The van der Waals surface area contributed by atoms with Crippen molar-refractivity contribution in [3.05, 3.63) is 0 Å². The van der Waals surface area contributed by atoms with E-state index in [0.29, 0.717) is 6.42 Å². The molecule has 0 fully saturated rings. The Bertz CT molecular complexity index is 95.7. The zero-order valence-corrected chi connectivity index (χ0v) is 6.92. The normalized spacial score (nSPS) is 10.2. The number of Topliss-reactive ketones (excluding diaryl/α,β-unsaturated/α-hetero) is 1. The lowest BCUT2D eigenvalue weighted by atomic mass is 10.0. The monoisotopic (exact) mass is 151 g/mol. The summed E-state index contributed by atoms with van der Waals surface area (Å²) < 4.78 is 0. The van der Waals surface area contributed by atoms with Crippen LogP contribution in [0.25, 0.3) is 0 Å². The van der Waals surface area contributed by atoms with E-state index in [1.165, 1.54) is 0 Å². The highest BCUT2D eigenvalue weighted by atomic mass is 35.5. The van der Waals surface area contributed by atoms with Gasteiger partial charge in [0, 0.05) is 12.0 Å². The summed E-state index contributed by atoms with van der Waals surface area (Å²) in [4.78, 5) is 10.4. The third kappa shape index (κ3) is 11.5. The molecule has 0 saturated heterocycles. The maximum atomic E-state index is 10.4. The van der Waals surface area contributed by atoms with E-state index in [0.717, 1.165) is 0 Å². The smallest absolute Gasteiger partial charge is 0.131 e. The lowest BCUT2D eigenvalue weighted by molar-refractivity contribution is -0.117. The lowest BCUT2D eigenvalue weighted by Gasteiger charge is -2.14. The largest absolute Gasteiger partial charge is 0.325 e. The quantitative estimate of drug-likeness (QED) is 0.643. The molecule has 0 bridgehead atoms. The van der Waals surface area contributed by atoms with Crippen LogP contribution in [0.2, 0.25) is 0 Å². The van der Waals surface area contributed by atoms with Crippen molar-refractivity contribution in [2.75, 3.05) is 0 Å². The average molecular weight is 152 g/mol. The minimum Gasteiger partial charge on any atom is -0.325 e. The van der Waals surface area contributed by atoms with Gasteiger partial charge in [0.15, 0.2) is 0 Å². The Hall–Kier alpha value is -0.0800. The zero-order valence-electron chi connectivity index (χ0n) is 6.10.